The lowest BCUT2D eigenvalue weighted by molar-refractivity contribution is -0.139. The molecule has 0 aliphatic carbocycles. The average molecular weight is 284 g/mol. The molecule has 2 aliphatic heterocycles. The Morgan fingerprint density at radius 3 is 2.05 bits per heavy atom. The van der Waals surface area contributed by atoms with Crippen LogP contribution in [0.4, 0.5) is 0 Å². The largest absolute Gasteiger partial charge is 0.341 e. The SMILES string of the molecule is CC.CC.O=C(CN1CCCCCC1=O)N1CCCC1. The van der Waals surface area contributed by atoms with Crippen LogP contribution in [0, 0.1) is 0 Å². The van der Waals surface area contributed by atoms with E-state index in [1.54, 1.807) is 4.90 Å². The third kappa shape index (κ3) is 6.40. The van der Waals surface area contributed by atoms with Gasteiger partial charge in [-0.25, -0.2) is 0 Å². The first-order chi connectivity index (χ1) is 9.77. The van der Waals surface area contributed by atoms with E-state index in [1.165, 1.54) is 0 Å². The van der Waals surface area contributed by atoms with Crippen molar-refractivity contribution in [2.45, 2.75) is 66.2 Å². The maximum absolute atomic E-state index is 11.9. The molecule has 2 rings (SSSR count). The maximum atomic E-state index is 11.9. The molecule has 0 spiro atoms. The van der Waals surface area contributed by atoms with Gasteiger partial charge in [0.1, 0.15) is 0 Å². The van der Waals surface area contributed by atoms with Crippen LogP contribution in [-0.4, -0.2) is 47.8 Å². The summed E-state index contributed by atoms with van der Waals surface area (Å²) in [6.45, 7) is 10.8. The lowest BCUT2D eigenvalue weighted by Gasteiger charge is -2.23. The van der Waals surface area contributed by atoms with Crippen LogP contribution >= 0.6 is 0 Å². The molecule has 0 aromatic heterocycles. The van der Waals surface area contributed by atoms with Gasteiger partial charge >= 0.3 is 0 Å². The second kappa shape index (κ2) is 11.7. The summed E-state index contributed by atoms with van der Waals surface area (Å²) in [5, 5.41) is 0. The van der Waals surface area contributed by atoms with Crippen molar-refractivity contribution < 1.29 is 9.59 Å². The molecule has 2 amide bonds. The summed E-state index contributed by atoms with van der Waals surface area (Å²) in [6, 6.07) is 0. The van der Waals surface area contributed by atoms with Gasteiger partial charge < -0.3 is 9.80 Å². The van der Waals surface area contributed by atoms with E-state index in [-0.39, 0.29) is 11.8 Å². The third-order valence-corrected chi connectivity index (χ3v) is 3.46. The van der Waals surface area contributed by atoms with Crippen molar-refractivity contribution in [1.29, 1.82) is 0 Å². The van der Waals surface area contributed by atoms with Crippen molar-refractivity contribution in [3.8, 4) is 0 Å². The van der Waals surface area contributed by atoms with E-state index in [0.29, 0.717) is 13.0 Å². The number of carbonyl (C=O) groups excluding carboxylic acids is 2. The topological polar surface area (TPSA) is 40.6 Å². The molecule has 0 unspecified atom stereocenters. The first-order valence-corrected chi connectivity index (χ1v) is 8.33. The second-order valence-electron chi connectivity index (χ2n) is 4.71. The fourth-order valence-corrected chi connectivity index (χ4v) is 2.44. The Balaban J connectivity index is 0.000000829. The van der Waals surface area contributed by atoms with Gasteiger partial charge in [0.25, 0.3) is 0 Å². The molecule has 0 atom stereocenters. The number of rotatable bonds is 2. The summed E-state index contributed by atoms with van der Waals surface area (Å²) in [5.74, 6) is 0.290. The van der Waals surface area contributed by atoms with Crippen LogP contribution < -0.4 is 0 Å². The molecule has 4 nitrogen and oxygen atoms in total. The molecule has 0 aromatic rings. The molecule has 0 aromatic carbocycles. The fraction of sp³-hybridized carbons (Fsp3) is 0.875. The zero-order chi connectivity index (χ0) is 15.4. The zero-order valence-corrected chi connectivity index (χ0v) is 13.8. The highest BCUT2D eigenvalue weighted by atomic mass is 16.2. The Hall–Kier alpha value is -1.06. The Bertz CT molecular complexity index is 274. The standard InChI is InChI=1S/C12H20N2O2.2C2H6/c15-11-6-2-1-3-9-14(11)10-12(16)13-7-4-5-8-13;2*1-2/h1-10H2;2*1-2H3. The highest BCUT2D eigenvalue weighted by Gasteiger charge is 2.23. The Morgan fingerprint density at radius 2 is 1.45 bits per heavy atom. The van der Waals surface area contributed by atoms with Gasteiger partial charge in [0.05, 0.1) is 6.54 Å². The molecule has 0 radical (unpaired) electrons. The van der Waals surface area contributed by atoms with E-state index >= 15 is 0 Å². The number of carbonyl (C=O) groups is 2. The molecule has 2 aliphatic rings. The molecule has 2 heterocycles. The maximum Gasteiger partial charge on any atom is 0.242 e. The van der Waals surface area contributed by atoms with Crippen molar-refractivity contribution in [1.82, 2.24) is 9.80 Å². The highest BCUT2D eigenvalue weighted by Crippen LogP contribution is 2.13. The normalized spacial score (nSPS) is 18.5. The third-order valence-electron chi connectivity index (χ3n) is 3.46. The molecular weight excluding hydrogens is 252 g/mol. The van der Waals surface area contributed by atoms with E-state index in [0.717, 1.165) is 51.7 Å². The number of hydrogen-bond acceptors (Lipinski definition) is 2. The number of likely N-dealkylation sites (tertiary alicyclic amines) is 2. The Morgan fingerprint density at radius 1 is 0.900 bits per heavy atom. The summed E-state index contributed by atoms with van der Waals surface area (Å²) in [4.78, 5) is 27.3. The number of hydrogen-bond donors (Lipinski definition) is 0. The van der Waals surface area contributed by atoms with Gasteiger partial charge in [0.2, 0.25) is 11.8 Å². The molecule has 2 fully saturated rings. The summed E-state index contributed by atoms with van der Waals surface area (Å²) in [6.07, 6.45) is 5.97. The monoisotopic (exact) mass is 284 g/mol. The average Bonchev–Trinajstić information content (AvgIpc) is 2.97. The Kier molecular flexibility index (Phi) is 11.1. The number of amides is 2. The minimum Gasteiger partial charge on any atom is -0.341 e. The lowest BCUT2D eigenvalue weighted by Crippen LogP contribution is -2.41. The van der Waals surface area contributed by atoms with E-state index in [9.17, 15) is 9.59 Å². The smallest absolute Gasteiger partial charge is 0.242 e. The quantitative estimate of drug-likeness (QED) is 0.782. The van der Waals surface area contributed by atoms with E-state index in [1.807, 2.05) is 32.6 Å². The van der Waals surface area contributed by atoms with Crippen LogP contribution in [0.2, 0.25) is 0 Å². The minimum absolute atomic E-state index is 0.132. The molecule has 0 bridgehead atoms. The summed E-state index contributed by atoms with van der Waals surface area (Å²) in [5.41, 5.74) is 0. The van der Waals surface area contributed by atoms with Gasteiger partial charge in [0.15, 0.2) is 0 Å². The zero-order valence-electron chi connectivity index (χ0n) is 13.8. The molecule has 118 valence electrons. The van der Waals surface area contributed by atoms with Gasteiger partial charge in [-0.3, -0.25) is 9.59 Å². The predicted molar refractivity (Wildman–Crippen MR) is 83.6 cm³/mol. The van der Waals surface area contributed by atoms with Crippen molar-refractivity contribution in [2.24, 2.45) is 0 Å². The van der Waals surface area contributed by atoms with E-state index < -0.39 is 0 Å². The van der Waals surface area contributed by atoms with Crippen LogP contribution in [0.1, 0.15) is 66.2 Å². The summed E-state index contributed by atoms with van der Waals surface area (Å²) >= 11 is 0. The van der Waals surface area contributed by atoms with E-state index in [2.05, 4.69) is 0 Å². The van der Waals surface area contributed by atoms with Gasteiger partial charge in [-0.15, -0.1) is 0 Å². The highest BCUT2D eigenvalue weighted by molar-refractivity contribution is 5.85. The van der Waals surface area contributed by atoms with Crippen LogP contribution in [0.15, 0.2) is 0 Å². The first-order valence-electron chi connectivity index (χ1n) is 8.33. The Labute approximate surface area is 124 Å². The van der Waals surface area contributed by atoms with Gasteiger partial charge in [-0.05, 0) is 25.7 Å². The minimum atomic E-state index is 0.132. The molecule has 0 saturated carbocycles. The fourth-order valence-electron chi connectivity index (χ4n) is 2.44. The van der Waals surface area contributed by atoms with Crippen LogP contribution in [0.25, 0.3) is 0 Å². The van der Waals surface area contributed by atoms with Crippen LogP contribution in [0.5, 0.6) is 0 Å². The molecule has 4 heteroatoms. The predicted octanol–water partition coefficient (Wildman–Crippen LogP) is 3.06. The number of nitrogens with zero attached hydrogens (tertiary/aromatic N) is 2. The molecule has 0 N–H and O–H groups in total. The molecule has 20 heavy (non-hydrogen) atoms. The lowest BCUT2D eigenvalue weighted by atomic mass is 10.2. The van der Waals surface area contributed by atoms with Crippen molar-refractivity contribution >= 4 is 11.8 Å². The van der Waals surface area contributed by atoms with Gasteiger partial charge in [0, 0.05) is 26.1 Å². The summed E-state index contributed by atoms with van der Waals surface area (Å²) in [7, 11) is 0. The van der Waals surface area contributed by atoms with E-state index in [4.69, 9.17) is 0 Å². The van der Waals surface area contributed by atoms with Crippen molar-refractivity contribution in [2.75, 3.05) is 26.2 Å². The van der Waals surface area contributed by atoms with Gasteiger partial charge in [-0.2, -0.15) is 0 Å². The van der Waals surface area contributed by atoms with Gasteiger partial charge in [-0.1, -0.05) is 34.1 Å². The van der Waals surface area contributed by atoms with Crippen molar-refractivity contribution in [3.05, 3.63) is 0 Å². The summed E-state index contributed by atoms with van der Waals surface area (Å²) < 4.78 is 0. The first kappa shape index (κ1) is 18.9. The van der Waals surface area contributed by atoms with Crippen molar-refractivity contribution in [3.63, 3.8) is 0 Å². The van der Waals surface area contributed by atoms with Crippen LogP contribution in [0.3, 0.4) is 0 Å². The molecule has 2 saturated heterocycles. The van der Waals surface area contributed by atoms with Crippen LogP contribution in [-0.2, 0) is 9.59 Å². The molecular formula is C16H32N2O2. The second-order valence-corrected chi connectivity index (χ2v) is 4.71.